The second-order valence-electron chi connectivity index (χ2n) is 4.94. The van der Waals surface area contributed by atoms with Gasteiger partial charge in [-0.2, -0.15) is 4.98 Å². The highest BCUT2D eigenvalue weighted by atomic mass is 79.9. The Hall–Kier alpha value is -1.95. The molecule has 0 atom stereocenters. The number of aromatic nitrogens is 2. The molecule has 0 aliphatic heterocycles. The van der Waals surface area contributed by atoms with E-state index in [0.29, 0.717) is 27.8 Å². The molecule has 1 saturated carbocycles. The van der Waals surface area contributed by atoms with Crippen LogP contribution < -0.4 is 10.1 Å². The number of benzene rings is 1. The first-order chi connectivity index (χ1) is 10.1. The summed E-state index contributed by atoms with van der Waals surface area (Å²) >= 11 is 3.38. The van der Waals surface area contributed by atoms with Gasteiger partial charge in [-0.15, -0.1) is 0 Å². The lowest BCUT2D eigenvalue weighted by atomic mass is 10.3. The Morgan fingerprint density at radius 2 is 2.10 bits per heavy atom. The molecule has 6 heteroatoms. The van der Waals surface area contributed by atoms with E-state index < -0.39 is 0 Å². The molecule has 0 unspecified atom stereocenters. The summed E-state index contributed by atoms with van der Waals surface area (Å²) in [7, 11) is 0. The molecule has 5 nitrogen and oxygen atoms in total. The zero-order chi connectivity index (χ0) is 14.8. The third-order valence-corrected chi connectivity index (χ3v) is 3.45. The van der Waals surface area contributed by atoms with Crippen LogP contribution in [0.4, 0.5) is 5.69 Å². The van der Waals surface area contributed by atoms with E-state index in [2.05, 4.69) is 31.2 Å². The molecule has 1 N–H and O–H groups in total. The SMILES string of the molecule is CC(=O)Nc1ccccc1Oc1cc(Br)nc(C2CC2)n1. The first-order valence-corrected chi connectivity index (χ1v) is 7.50. The monoisotopic (exact) mass is 347 g/mol. The first kappa shape index (κ1) is 14.0. The van der Waals surface area contributed by atoms with Gasteiger partial charge >= 0.3 is 0 Å². The predicted octanol–water partition coefficient (Wildman–Crippen LogP) is 3.87. The predicted molar refractivity (Wildman–Crippen MR) is 82.5 cm³/mol. The maximum atomic E-state index is 11.2. The van der Waals surface area contributed by atoms with Crippen LogP contribution in [0.15, 0.2) is 34.9 Å². The lowest BCUT2D eigenvalue weighted by molar-refractivity contribution is -0.114. The van der Waals surface area contributed by atoms with Gasteiger partial charge in [0, 0.05) is 18.9 Å². The molecule has 0 saturated heterocycles. The van der Waals surface area contributed by atoms with Crippen LogP contribution in [0.1, 0.15) is 31.5 Å². The number of rotatable bonds is 4. The largest absolute Gasteiger partial charge is 0.437 e. The topological polar surface area (TPSA) is 64.1 Å². The zero-order valence-electron chi connectivity index (χ0n) is 11.5. The standard InChI is InChI=1S/C15H14BrN3O2/c1-9(20)17-11-4-2-3-5-12(11)21-14-8-13(16)18-15(19-14)10-6-7-10/h2-5,8,10H,6-7H2,1H3,(H,17,20). The molecule has 0 radical (unpaired) electrons. The Kier molecular flexibility index (Phi) is 3.88. The molecule has 1 aromatic heterocycles. The fourth-order valence-corrected chi connectivity index (χ4v) is 2.33. The fourth-order valence-electron chi connectivity index (χ4n) is 1.95. The Balaban J connectivity index is 1.88. The third-order valence-electron chi connectivity index (χ3n) is 3.04. The Bertz CT molecular complexity index is 686. The number of hydrogen-bond donors (Lipinski definition) is 1. The summed E-state index contributed by atoms with van der Waals surface area (Å²) in [5.41, 5.74) is 0.618. The summed E-state index contributed by atoms with van der Waals surface area (Å²) in [6.07, 6.45) is 2.25. The number of halogens is 1. The number of hydrogen-bond acceptors (Lipinski definition) is 4. The van der Waals surface area contributed by atoms with Gasteiger partial charge < -0.3 is 10.1 Å². The molecule has 1 aliphatic carbocycles. The quantitative estimate of drug-likeness (QED) is 0.852. The van der Waals surface area contributed by atoms with Crippen LogP contribution >= 0.6 is 15.9 Å². The minimum absolute atomic E-state index is 0.145. The van der Waals surface area contributed by atoms with Gasteiger partial charge in [-0.25, -0.2) is 4.98 Å². The van der Waals surface area contributed by atoms with Crippen molar-refractivity contribution in [3.63, 3.8) is 0 Å². The molecule has 108 valence electrons. The molecule has 1 heterocycles. The highest BCUT2D eigenvalue weighted by molar-refractivity contribution is 9.10. The van der Waals surface area contributed by atoms with Crippen molar-refractivity contribution in [3.8, 4) is 11.6 Å². The average molecular weight is 348 g/mol. The minimum atomic E-state index is -0.145. The molecule has 1 aliphatic rings. The number of ether oxygens (including phenoxy) is 1. The highest BCUT2D eigenvalue weighted by Gasteiger charge is 2.27. The Morgan fingerprint density at radius 1 is 1.33 bits per heavy atom. The number of carbonyl (C=O) groups excluding carboxylic acids is 1. The fraction of sp³-hybridized carbons (Fsp3) is 0.267. The van der Waals surface area contributed by atoms with Gasteiger partial charge in [0.05, 0.1) is 5.69 Å². The number of para-hydroxylation sites is 2. The van der Waals surface area contributed by atoms with Gasteiger partial charge in [-0.1, -0.05) is 12.1 Å². The van der Waals surface area contributed by atoms with Crippen LogP contribution in [0.2, 0.25) is 0 Å². The van der Waals surface area contributed by atoms with Gasteiger partial charge in [0.1, 0.15) is 10.4 Å². The molecule has 1 amide bonds. The van der Waals surface area contributed by atoms with Gasteiger partial charge in [0.15, 0.2) is 5.75 Å². The summed E-state index contributed by atoms with van der Waals surface area (Å²) in [4.78, 5) is 20.0. The van der Waals surface area contributed by atoms with Gasteiger partial charge in [-0.3, -0.25) is 4.79 Å². The average Bonchev–Trinajstić information content (AvgIpc) is 3.24. The lowest BCUT2D eigenvalue weighted by Crippen LogP contribution is -2.07. The molecule has 2 aromatic rings. The molecular weight excluding hydrogens is 334 g/mol. The summed E-state index contributed by atoms with van der Waals surface area (Å²) in [5, 5.41) is 2.74. The molecule has 1 fully saturated rings. The normalized spacial score (nSPS) is 13.8. The van der Waals surface area contributed by atoms with Gasteiger partial charge in [0.2, 0.25) is 11.8 Å². The van der Waals surface area contributed by atoms with Crippen LogP contribution in [-0.4, -0.2) is 15.9 Å². The van der Waals surface area contributed by atoms with Crippen molar-refractivity contribution in [3.05, 3.63) is 40.8 Å². The van der Waals surface area contributed by atoms with Crippen molar-refractivity contribution >= 4 is 27.5 Å². The Labute approximate surface area is 130 Å². The smallest absolute Gasteiger partial charge is 0.223 e. The van der Waals surface area contributed by atoms with Crippen molar-refractivity contribution < 1.29 is 9.53 Å². The van der Waals surface area contributed by atoms with Crippen molar-refractivity contribution in [2.75, 3.05) is 5.32 Å². The second-order valence-corrected chi connectivity index (χ2v) is 5.75. The molecule has 3 rings (SSSR count). The number of amides is 1. The van der Waals surface area contributed by atoms with E-state index in [4.69, 9.17) is 4.74 Å². The summed E-state index contributed by atoms with van der Waals surface area (Å²) in [5.74, 6) is 2.12. The number of anilines is 1. The van der Waals surface area contributed by atoms with E-state index in [1.165, 1.54) is 6.92 Å². The van der Waals surface area contributed by atoms with Gasteiger partial charge in [-0.05, 0) is 40.9 Å². The van der Waals surface area contributed by atoms with Crippen LogP contribution in [-0.2, 0) is 4.79 Å². The second kappa shape index (κ2) is 5.81. The van der Waals surface area contributed by atoms with Crippen molar-refractivity contribution in [2.24, 2.45) is 0 Å². The maximum absolute atomic E-state index is 11.2. The summed E-state index contributed by atoms with van der Waals surface area (Å²) in [6.45, 7) is 1.46. The molecular formula is C15H14BrN3O2. The van der Waals surface area contributed by atoms with E-state index >= 15 is 0 Å². The molecule has 0 bridgehead atoms. The zero-order valence-corrected chi connectivity index (χ0v) is 13.1. The highest BCUT2D eigenvalue weighted by Crippen LogP contribution is 2.39. The third kappa shape index (κ3) is 3.58. The molecule has 1 aromatic carbocycles. The van der Waals surface area contributed by atoms with E-state index in [0.717, 1.165) is 18.7 Å². The van der Waals surface area contributed by atoms with Crippen LogP contribution in [0.3, 0.4) is 0 Å². The number of nitrogens with one attached hydrogen (secondary N) is 1. The van der Waals surface area contributed by atoms with Crippen LogP contribution in [0, 0.1) is 0 Å². The lowest BCUT2D eigenvalue weighted by Gasteiger charge is -2.11. The van der Waals surface area contributed by atoms with E-state index in [9.17, 15) is 4.79 Å². The van der Waals surface area contributed by atoms with Crippen LogP contribution in [0.25, 0.3) is 0 Å². The minimum Gasteiger partial charge on any atom is -0.437 e. The molecule has 21 heavy (non-hydrogen) atoms. The van der Waals surface area contributed by atoms with Crippen molar-refractivity contribution in [1.29, 1.82) is 0 Å². The van der Waals surface area contributed by atoms with Gasteiger partial charge in [0.25, 0.3) is 0 Å². The van der Waals surface area contributed by atoms with E-state index in [1.807, 2.05) is 12.1 Å². The Morgan fingerprint density at radius 3 is 2.81 bits per heavy atom. The van der Waals surface area contributed by atoms with E-state index in [1.54, 1.807) is 18.2 Å². The van der Waals surface area contributed by atoms with Crippen LogP contribution in [0.5, 0.6) is 11.6 Å². The maximum Gasteiger partial charge on any atom is 0.223 e. The summed E-state index contributed by atoms with van der Waals surface area (Å²) in [6, 6.07) is 8.98. The first-order valence-electron chi connectivity index (χ1n) is 6.71. The summed E-state index contributed by atoms with van der Waals surface area (Å²) < 4.78 is 6.51. The number of nitrogens with zero attached hydrogens (tertiary/aromatic N) is 2. The van der Waals surface area contributed by atoms with E-state index in [-0.39, 0.29) is 5.91 Å². The van der Waals surface area contributed by atoms with Crippen molar-refractivity contribution in [2.45, 2.75) is 25.7 Å². The number of carbonyl (C=O) groups is 1. The van der Waals surface area contributed by atoms with Crippen molar-refractivity contribution in [1.82, 2.24) is 9.97 Å². The molecule has 0 spiro atoms.